The Labute approximate surface area is 176 Å². The van der Waals surface area contributed by atoms with Crippen LogP contribution in [0.3, 0.4) is 0 Å². The summed E-state index contributed by atoms with van der Waals surface area (Å²) in [5, 5.41) is 2.70. The number of hydrogen-bond donors (Lipinski definition) is 1. The lowest BCUT2D eigenvalue weighted by Gasteiger charge is -2.30. The van der Waals surface area contributed by atoms with Gasteiger partial charge in [-0.15, -0.1) is 0 Å². The van der Waals surface area contributed by atoms with Gasteiger partial charge in [0.2, 0.25) is 15.9 Å². The van der Waals surface area contributed by atoms with Crippen molar-refractivity contribution in [2.75, 3.05) is 29.6 Å². The molecule has 2 aromatic rings. The lowest BCUT2D eigenvalue weighted by atomic mass is 10.1. The van der Waals surface area contributed by atoms with E-state index in [0.29, 0.717) is 17.1 Å². The average molecular weight is 435 g/mol. The third-order valence-electron chi connectivity index (χ3n) is 4.28. The highest BCUT2D eigenvalue weighted by atomic mass is 32.2. The molecule has 8 nitrogen and oxygen atoms in total. The van der Waals surface area contributed by atoms with Crippen LogP contribution in [0, 0.1) is 0 Å². The molecule has 0 aliphatic heterocycles. The predicted octanol–water partition coefficient (Wildman–Crippen LogP) is 3.06. The minimum Gasteiger partial charge on any atom is -0.497 e. The molecular formula is C21H26N2O6S. The maximum atomic E-state index is 13.0. The Morgan fingerprint density at radius 2 is 1.80 bits per heavy atom. The largest absolute Gasteiger partial charge is 0.497 e. The molecule has 0 aliphatic carbocycles. The highest BCUT2D eigenvalue weighted by molar-refractivity contribution is 7.92. The van der Waals surface area contributed by atoms with Crippen LogP contribution in [0.5, 0.6) is 5.75 Å². The SMILES string of the molecule is CCOC(=O)c1cccc(NC(=O)C(CC)N(c2cccc(OC)c2)S(C)(=O)=O)c1. The Morgan fingerprint density at radius 3 is 2.40 bits per heavy atom. The number of hydrogen-bond acceptors (Lipinski definition) is 6. The average Bonchev–Trinajstić information content (AvgIpc) is 2.71. The molecular weight excluding hydrogens is 408 g/mol. The van der Waals surface area contributed by atoms with Crippen molar-refractivity contribution in [2.45, 2.75) is 26.3 Å². The Morgan fingerprint density at radius 1 is 1.10 bits per heavy atom. The van der Waals surface area contributed by atoms with Gasteiger partial charge in [-0.3, -0.25) is 9.10 Å². The van der Waals surface area contributed by atoms with Crippen LogP contribution in [0.15, 0.2) is 48.5 Å². The smallest absolute Gasteiger partial charge is 0.338 e. The number of benzene rings is 2. The summed E-state index contributed by atoms with van der Waals surface area (Å²) in [4.78, 5) is 24.9. The summed E-state index contributed by atoms with van der Waals surface area (Å²) in [5.41, 5.74) is 0.970. The Balaban J connectivity index is 2.35. The molecule has 1 N–H and O–H groups in total. The van der Waals surface area contributed by atoms with Gasteiger partial charge in [0.1, 0.15) is 11.8 Å². The lowest BCUT2D eigenvalue weighted by molar-refractivity contribution is -0.117. The summed E-state index contributed by atoms with van der Waals surface area (Å²) in [6, 6.07) is 11.8. The van der Waals surface area contributed by atoms with Crippen LogP contribution < -0.4 is 14.4 Å². The summed E-state index contributed by atoms with van der Waals surface area (Å²) in [6.07, 6.45) is 1.28. The number of amides is 1. The van der Waals surface area contributed by atoms with Crippen LogP contribution in [0.2, 0.25) is 0 Å². The number of ether oxygens (including phenoxy) is 2. The monoisotopic (exact) mass is 434 g/mol. The van der Waals surface area contributed by atoms with E-state index in [0.717, 1.165) is 10.6 Å². The molecule has 0 saturated carbocycles. The molecule has 0 aromatic heterocycles. The van der Waals surface area contributed by atoms with E-state index in [1.54, 1.807) is 56.3 Å². The molecule has 0 saturated heterocycles. The number of sulfonamides is 1. The topological polar surface area (TPSA) is 102 Å². The van der Waals surface area contributed by atoms with Crippen molar-refractivity contribution in [3.63, 3.8) is 0 Å². The maximum Gasteiger partial charge on any atom is 0.338 e. The molecule has 0 fully saturated rings. The van der Waals surface area contributed by atoms with E-state index in [1.165, 1.54) is 13.2 Å². The first kappa shape index (κ1) is 23.2. The first-order valence-corrected chi connectivity index (χ1v) is 11.3. The highest BCUT2D eigenvalue weighted by Gasteiger charge is 2.31. The number of carbonyl (C=O) groups excluding carboxylic acids is 2. The number of rotatable bonds is 9. The summed E-state index contributed by atoms with van der Waals surface area (Å²) >= 11 is 0. The van der Waals surface area contributed by atoms with Crippen LogP contribution in [-0.4, -0.2) is 46.3 Å². The van der Waals surface area contributed by atoms with Gasteiger partial charge in [0.15, 0.2) is 0 Å². The quantitative estimate of drug-likeness (QED) is 0.609. The van der Waals surface area contributed by atoms with Crippen molar-refractivity contribution < 1.29 is 27.5 Å². The fourth-order valence-electron chi connectivity index (χ4n) is 2.97. The van der Waals surface area contributed by atoms with Crippen LogP contribution in [0.1, 0.15) is 30.6 Å². The van der Waals surface area contributed by atoms with Crippen LogP contribution in [0.25, 0.3) is 0 Å². The molecule has 0 heterocycles. The Hall–Kier alpha value is -3.07. The van der Waals surface area contributed by atoms with Crippen molar-refractivity contribution in [3.05, 3.63) is 54.1 Å². The van der Waals surface area contributed by atoms with E-state index in [1.807, 2.05) is 0 Å². The molecule has 1 amide bonds. The van der Waals surface area contributed by atoms with E-state index < -0.39 is 27.9 Å². The second kappa shape index (κ2) is 10.1. The standard InChI is InChI=1S/C21H26N2O6S/c1-5-19(23(30(4,26)27)17-11-8-12-18(14-17)28-3)20(24)22-16-10-7-9-15(13-16)21(25)29-6-2/h7-14,19H,5-6H2,1-4H3,(H,22,24). The van der Waals surface area contributed by atoms with Crippen molar-refractivity contribution in [3.8, 4) is 5.75 Å². The third-order valence-corrected chi connectivity index (χ3v) is 5.46. The van der Waals surface area contributed by atoms with Gasteiger partial charge in [-0.2, -0.15) is 0 Å². The number of carbonyl (C=O) groups is 2. The first-order valence-electron chi connectivity index (χ1n) is 9.42. The predicted molar refractivity (Wildman–Crippen MR) is 115 cm³/mol. The molecule has 0 radical (unpaired) electrons. The van der Waals surface area contributed by atoms with Crippen molar-refractivity contribution in [2.24, 2.45) is 0 Å². The molecule has 9 heteroatoms. The summed E-state index contributed by atoms with van der Waals surface area (Å²) < 4.78 is 36.3. The lowest BCUT2D eigenvalue weighted by Crippen LogP contribution is -2.47. The molecule has 30 heavy (non-hydrogen) atoms. The zero-order chi connectivity index (χ0) is 22.3. The molecule has 0 bridgehead atoms. The van der Waals surface area contributed by atoms with Crippen molar-refractivity contribution in [1.82, 2.24) is 0 Å². The minimum absolute atomic E-state index is 0.230. The maximum absolute atomic E-state index is 13.0. The number of esters is 1. The van der Waals surface area contributed by atoms with Crippen LogP contribution in [0.4, 0.5) is 11.4 Å². The van der Waals surface area contributed by atoms with E-state index in [9.17, 15) is 18.0 Å². The van der Waals surface area contributed by atoms with Crippen molar-refractivity contribution in [1.29, 1.82) is 0 Å². The van der Waals surface area contributed by atoms with E-state index in [-0.39, 0.29) is 18.6 Å². The zero-order valence-corrected chi connectivity index (χ0v) is 18.2. The Bertz CT molecular complexity index is 1010. The van der Waals surface area contributed by atoms with Crippen LogP contribution >= 0.6 is 0 Å². The molecule has 2 aromatic carbocycles. The van der Waals surface area contributed by atoms with Gasteiger partial charge in [0.05, 0.1) is 31.2 Å². The second-order valence-electron chi connectivity index (χ2n) is 6.47. The van der Waals surface area contributed by atoms with Gasteiger partial charge in [0.25, 0.3) is 0 Å². The van der Waals surface area contributed by atoms with Gasteiger partial charge in [0, 0.05) is 11.8 Å². The van der Waals surface area contributed by atoms with Gasteiger partial charge >= 0.3 is 5.97 Å². The zero-order valence-electron chi connectivity index (χ0n) is 17.4. The fraction of sp³-hybridized carbons (Fsp3) is 0.333. The number of nitrogens with zero attached hydrogens (tertiary/aromatic N) is 1. The third kappa shape index (κ3) is 5.73. The van der Waals surface area contributed by atoms with Gasteiger partial charge in [-0.05, 0) is 43.7 Å². The summed E-state index contributed by atoms with van der Waals surface area (Å²) in [6.45, 7) is 3.66. The molecule has 1 atom stereocenters. The van der Waals surface area contributed by atoms with Crippen molar-refractivity contribution >= 4 is 33.3 Å². The molecule has 0 spiro atoms. The van der Waals surface area contributed by atoms with E-state index in [4.69, 9.17) is 9.47 Å². The number of anilines is 2. The van der Waals surface area contributed by atoms with Gasteiger partial charge in [-0.25, -0.2) is 13.2 Å². The summed E-state index contributed by atoms with van der Waals surface area (Å²) in [5.74, 6) is -0.555. The second-order valence-corrected chi connectivity index (χ2v) is 8.33. The fourth-order valence-corrected chi connectivity index (χ4v) is 4.18. The summed E-state index contributed by atoms with van der Waals surface area (Å²) in [7, 11) is -2.30. The van der Waals surface area contributed by atoms with E-state index in [2.05, 4.69) is 5.32 Å². The highest BCUT2D eigenvalue weighted by Crippen LogP contribution is 2.27. The number of methoxy groups -OCH3 is 1. The molecule has 162 valence electrons. The minimum atomic E-state index is -3.78. The Kier molecular flexibility index (Phi) is 7.82. The number of nitrogens with one attached hydrogen (secondary N) is 1. The first-order chi connectivity index (χ1) is 14.2. The molecule has 0 aliphatic rings. The van der Waals surface area contributed by atoms with Crippen LogP contribution in [-0.2, 0) is 19.6 Å². The normalized spacial score (nSPS) is 12.0. The van der Waals surface area contributed by atoms with Gasteiger partial charge in [-0.1, -0.05) is 19.1 Å². The molecule has 2 rings (SSSR count). The molecule has 1 unspecified atom stereocenters. The van der Waals surface area contributed by atoms with Gasteiger partial charge < -0.3 is 14.8 Å². The van der Waals surface area contributed by atoms with E-state index >= 15 is 0 Å².